The first-order valence-electron chi connectivity index (χ1n) is 10.9. The zero-order valence-corrected chi connectivity index (χ0v) is 20.1. The number of benzene rings is 3. The van der Waals surface area contributed by atoms with Crippen molar-refractivity contribution in [1.82, 2.24) is 5.01 Å². The topological polar surface area (TPSA) is 89.8 Å². The van der Waals surface area contributed by atoms with Gasteiger partial charge in [0.15, 0.2) is 23.0 Å². The number of aromatic carboxylic acids is 1. The second kappa shape index (κ2) is 9.03. The van der Waals surface area contributed by atoms with Gasteiger partial charge in [0, 0.05) is 22.6 Å². The highest BCUT2D eigenvalue weighted by Gasteiger charge is 2.44. The number of hydrogen-bond donors (Lipinski definition) is 1. The molecule has 3 aromatic carbocycles. The van der Waals surface area contributed by atoms with Crippen molar-refractivity contribution in [3.63, 3.8) is 0 Å². The van der Waals surface area contributed by atoms with Crippen LogP contribution in [0.2, 0.25) is 5.02 Å². The molecule has 0 unspecified atom stereocenters. The molecule has 180 valence electrons. The summed E-state index contributed by atoms with van der Waals surface area (Å²) in [6.07, 6.45) is -0.253. The zero-order valence-electron chi connectivity index (χ0n) is 19.3. The average Bonchev–Trinajstić information content (AvgIpc) is 3.33. The summed E-state index contributed by atoms with van der Waals surface area (Å²) in [7, 11) is 4.44. The number of ether oxygens (including phenoxy) is 4. The van der Waals surface area contributed by atoms with E-state index in [1.54, 1.807) is 24.3 Å². The Morgan fingerprint density at radius 3 is 2.40 bits per heavy atom. The number of carboxylic acid groups (broad SMARTS) is 1. The number of carbonyl (C=O) groups is 1. The summed E-state index contributed by atoms with van der Waals surface area (Å²) in [5.74, 6) is 0.377. The first-order chi connectivity index (χ1) is 17.0. The second-order valence-electron chi connectivity index (χ2n) is 8.07. The van der Waals surface area contributed by atoms with Crippen LogP contribution < -0.4 is 18.9 Å². The minimum Gasteiger partial charge on any atom is -0.493 e. The van der Waals surface area contributed by atoms with E-state index in [1.807, 2.05) is 42.5 Å². The van der Waals surface area contributed by atoms with Crippen molar-refractivity contribution < 1.29 is 28.8 Å². The van der Waals surface area contributed by atoms with Crippen LogP contribution in [0.25, 0.3) is 0 Å². The maximum Gasteiger partial charge on any atom is 0.340 e. The quantitative estimate of drug-likeness (QED) is 0.497. The Morgan fingerprint density at radius 2 is 1.74 bits per heavy atom. The summed E-state index contributed by atoms with van der Waals surface area (Å²) in [5.41, 5.74) is 3.01. The van der Waals surface area contributed by atoms with E-state index in [2.05, 4.69) is 0 Å². The van der Waals surface area contributed by atoms with E-state index >= 15 is 0 Å². The predicted molar refractivity (Wildman–Crippen MR) is 130 cm³/mol. The molecule has 0 aromatic heterocycles. The van der Waals surface area contributed by atoms with E-state index in [4.69, 9.17) is 35.6 Å². The normalized spacial score (nSPS) is 18.2. The SMILES string of the molecule is COc1cccc2c1O[C@@H](c1ccc(OC)c(OC)c1C(=O)O)N1N=C(c3ccc(Cl)cc3)C[C@@H]21. The average molecular weight is 495 g/mol. The predicted octanol–water partition coefficient (Wildman–Crippen LogP) is 5.31. The standard InChI is InChI=1S/C26H23ClN2O6/c1-32-20-6-4-5-16-19-13-18(14-7-9-15(27)10-8-14)28-29(19)25(35-23(16)20)17-11-12-21(33-2)24(34-3)22(17)26(30)31/h4-12,19,25H,13H2,1-3H3,(H,30,31)/t19-,25-/m0/s1. The van der Waals surface area contributed by atoms with Crippen LogP contribution in [0.15, 0.2) is 59.7 Å². The van der Waals surface area contributed by atoms with E-state index in [0.29, 0.717) is 34.3 Å². The molecule has 2 aliphatic heterocycles. The third-order valence-corrected chi connectivity index (χ3v) is 6.49. The Morgan fingerprint density at radius 1 is 1.00 bits per heavy atom. The van der Waals surface area contributed by atoms with Crippen molar-refractivity contribution in [1.29, 1.82) is 0 Å². The van der Waals surface area contributed by atoms with Crippen molar-refractivity contribution >= 4 is 23.3 Å². The van der Waals surface area contributed by atoms with Crippen molar-refractivity contribution in [2.45, 2.75) is 18.7 Å². The van der Waals surface area contributed by atoms with Crippen LogP contribution in [0.1, 0.15) is 45.7 Å². The summed E-state index contributed by atoms with van der Waals surface area (Å²) < 4.78 is 22.8. The molecule has 2 heterocycles. The molecule has 0 saturated heterocycles. The number of methoxy groups -OCH3 is 3. The number of hydrazone groups is 1. The maximum atomic E-state index is 12.4. The van der Waals surface area contributed by atoms with Crippen molar-refractivity contribution in [3.05, 3.63) is 81.9 Å². The number of nitrogens with zero attached hydrogens (tertiary/aromatic N) is 2. The molecule has 0 saturated carbocycles. The Hall–Kier alpha value is -3.91. The lowest BCUT2D eigenvalue weighted by Gasteiger charge is -2.39. The van der Waals surface area contributed by atoms with Crippen molar-refractivity contribution in [3.8, 4) is 23.0 Å². The monoisotopic (exact) mass is 494 g/mol. The molecule has 2 atom stereocenters. The molecule has 0 bridgehead atoms. The second-order valence-corrected chi connectivity index (χ2v) is 8.51. The fourth-order valence-electron chi connectivity index (χ4n) is 4.64. The third-order valence-electron chi connectivity index (χ3n) is 6.24. The van der Waals surface area contributed by atoms with E-state index in [0.717, 1.165) is 16.8 Å². The molecule has 0 spiro atoms. The fraction of sp³-hybridized carbons (Fsp3) is 0.231. The fourth-order valence-corrected chi connectivity index (χ4v) is 4.76. The zero-order chi connectivity index (χ0) is 24.7. The van der Waals surface area contributed by atoms with E-state index in [-0.39, 0.29) is 17.4 Å². The molecule has 0 amide bonds. The summed E-state index contributed by atoms with van der Waals surface area (Å²) in [6, 6.07) is 16.3. The minimum absolute atomic E-state index is 0.0518. The van der Waals surface area contributed by atoms with E-state index < -0.39 is 12.2 Å². The lowest BCUT2D eigenvalue weighted by atomic mass is 9.94. The summed E-state index contributed by atoms with van der Waals surface area (Å²) in [6.45, 7) is 0. The molecular formula is C26H23ClN2O6. The van der Waals surface area contributed by atoms with Gasteiger partial charge in [-0.15, -0.1) is 0 Å². The van der Waals surface area contributed by atoms with Crippen LogP contribution in [0.4, 0.5) is 0 Å². The van der Waals surface area contributed by atoms with Gasteiger partial charge in [0.25, 0.3) is 0 Å². The first-order valence-corrected chi connectivity index (χ1v) is 11.3. The van der Waals surface area contributed by atoms with Crippen LogP contribution in [0.3, 0.4) is 0 Å². The molecule has 35 heavy (non-hydrogen) atoms. The lowest BCUT2D eigenvalue weighted by molar-refractivity contribution is -0.0217. The maximum absolute atomic E-state index is 12.4. The van der Waals surface area contributed by atoms with Gasteiger partial charge in [-0.1, -0.05) is 35.9 Å². The van der Waals surface area contributed by atoms with Gasteiger partial charge >= 0.3 is 5.97 Å². The lowest BCUT2D eigenvalue weighted by Crippen LogP contribution is -2.35. The highest BCUT2D eigenvalue weighted by molar-refractivity contribution is 6.30. The van der Waals surface area contributed by atoms with Crippen LogP contribution in [-0.4, -0.2) is 43.1 Å². The smallest absolute Gasteiger partial charge is 0.340 e. The van der Waals surface area contributed by atoms with Crippen molar-refractivity contribution in [2.75, 3.05) is 21.3 Å². The molecule has 0 radical (unpaired) electrons. The molecule has 9 heteroatoms. The van der Waals surface area contributed by atoms with Crippen LogP contribution >= 0.6 is 11.6 Å². The Kier molecular flexibility index (Phi) is 5.90. The van der Waals surface area contributed by atoms with Crippen LogP contribution in [0.5, 0.6) is 23.0 Å². The van der Waals surface area contributed by atoms with Gasteiger partial charge in [0.2, 0.25) is 6.23 Å². The van der Waals surface area contributed by atoms with Gasteiger partial charge in [-0.2, -0.15) is 5.10 Å². The van der Waals surface area contributed by atoms with Crippen molar-refractivity contribution in [2.24, 2.45) is 5.10 Å². The van der Waals surface area contributed by atoms with E-state index in [9.17, 15) is 9.90 Å². The van der Waals surface area contributed by atoms with Gasteiger partial charge in [0.1, 0.15) is 5.56 Å². The largest absolute Gasteiger partial charge is 0.493 e. The molecule has 1 N–H and O–H groups in total. The first kappa shape index (κ1) is 22.9. The molecule has 0 aliphatic carbocycles. The Bertz CT molecular complexity index is 1320. The summed E-state index contributed by atoms with van der Waals surface area (Å²) in [5, 5.41) is 17.5. The number of hydrogen-bond acceptors (Lipinski definition) is 7. The molecule has 3 aromatic rings. The number of para-hydroxylation sites is 1. The van der Waals surface area contributed by atoms with Gasteiger partial charge in [0.05, 0.1) is 33.1 Å². The number of carboxylic acids is 1. The van der Waals surface area contributed by atoms with Gasteiger partial charge in [-0.3, -0.25) is 0 Å². The molecule has 8 nitrogen and oxygen atoms in total. The van der Waals surface area contributed by atoms with Gasteiger partial charge in [-0.05, 0) is 35.9 Å². The highest BCUT2D eigenvalue weighted by Crippen LogP contribution is 2.52. The highest BCUT2D eigenvalue weighted by atomic mass is 35.5. The summed E-state index contributed by atoms with van der Waals surface area (Å²) >= 11 is 6.08. The summed E-state index contributed by atoms with van der Waals surface area (Å²) in [4.78, 5) is 12.4. The Balaban J connectivity index is 1.70. The number of fused-ring (bicyclic) bond motifs is 3. The number of halogens is 1. The number of rotatable bonds is 6. The van der Waals surface area contributed by atoms with Gasteiger partial charge < -0.3 is 24.1 Å². The molecule has 5 rings (SSSR count). The molecular weight excluding hydrogens is 472 g/mol. The molecule has 0 fully saturated rings. The van der Waals surface area contributed by atoms with E-state index in [1.165, 1.54) is 14.2 Å². The Labute approximate surface area is 207 Å². The molecule has 2 aliphatic rings. The van der Waals surface area contributed by atoms with Crippen LogP contribution in [0, 0.1) is 0 Å². The van der Waals surface area contributed by atoms with Gasteiger partial charge in [-0.25, -0.2) is 9.80 Å². The third kappa shape index (κ3) is 3.80. The minimum atomic E-state index is -1.16. The van der Waals surface area contributed by atoms with Crippen LogP contribution in [-0.2, 0) is 0 Å².